The topological polar surface area (TPSA) is 125 Å². The second kappa shape index (κ2) is 10.2. The number of para-hydroxylation sites is 1. The number of carbonyl (C=O) groups excluding carboxylic acids is 4. The van der Waals surface area contributed by atoms with Crippen molar-refractivity contribution >= 4 is 29.3 Å². The van der Waals surface area contributed by atoms with Crippen LogP contribution in [0.3, 0.4) is 0 Å². The molecule has 0 aliphatic rings. The Hall–Kier alpha value is -3.68. The largest absolute Gasteiger partial charge is 0.481 e. The van der Waals surface area contributed by atoms with Gasteiger partial charge in [0.1, 0.15) is 5.75 Å². The first-order valence-electron chi connectivity index (χ1n) is 9.35. The normalized spacial score (nSPS) is 11.5. The molecule has 2 aromatic rings. The molecule has 8 heteroatoms. The number of carbonyl (C=O) groups is 4. The van der Waals surface area contributed by atoms with Gasteiger partial charge >= 0.3 is 5.97 Å². The Morgan fingerprint density at radius 1 is 0.967 bits per heavy atom. The van der Waals surface area contributed by atoms with Crippen molar-refractivity contribution in [3.8, 4) is 5.75 Å². The molecule has 2 amide bonds. The van der Waals surface area contributed by atoms with Gasteiger partial charge in [0.15, 0.2) is 12.7 Å². The third-order valence-corrected chi connectivity index (χ3v) is 4.14. The molecule has 0 aliphatic carbocycles. The minimum absolute atomic E-state index is 0.130. The standard InChI is InChI=1S/C22H24N2O6/c1-13(2)22(28)24-16-10-8-15(9-11-16)20(26)14(3)30-19(25)12-29-18-7-5-4-6-17(18)21(23)27/h4-11,13-14H,12H2,1-3H3,(H2,23,27)(H,24,28)/t14-/m0/s1. The lowest BCUT2D eigenvalue weighted by atomic mass is 10.1. The summed E-state index contributed by atoms with van der Waals surface area (Å²) in [5.74, 6) is -1.99. The van der Waals surface area contributed by atoms with Gasteiger partial charge in [-0.3, -0.25) is 14.4 Å². The molecular weight excluding hydrogens is 388 g/mol. The van der Waals surface area contributed by atoms with E-state index in [-0.39, 0.29) is 23.1 Å². The maximum absolute atomic E-state index is 12.5. The number of anilines is 1. The number of hydrogen-bond donors (Lipinski definition) is 2. The van der Waals surface area contributed by atoms with Crippen LogP contribution in [-0.2, 0) is 14.3 Å². The van der Waals surface area contributed by atoms with E-state index in [2.05, 4.69) is 5.32 Å². The summed E-state index contributed by atoms with van der Waals surface area (Å²) in [6.07, 6.45) is -1.04. The van der Waals surface area contributed by atoms with E-state index in [4.69, 9.17) is 15.2 Å². The number of rotatable bonds is 9. The van der Waals surface area contributed by atoms with Crippen LogP contribution < -0.4 is 15.8 Å². The van der Waals surface area contributed by atoms with E-state index in [9.17, 15) is 19.2 Å². The highest BCUT2D eigenvalue weighted by Gasteiger charge is 2.20. The highest BCUT2D eigenvalue weighted by Crippen LogP contribution is 2.17. The molecule has 0 aromatic heterocycles. The zero-order valence-corrected chi connectivity index (χ0v) is 17.0. The molecule has 3 N–H and O–H groups in total. The summed E-state index contributed by atoms with van der Waals surface area (Å²) in [6, 6.07) is 12.5. The molecule has 0 spiro atoms. The minimum Gasteiger partial charge on any atom is -0.481 e. The lowest BCUT2D eigenvalue weighted by molar-refractivity contribution is -0.148. The summed E-state index contributed by atoms with van der Waals surface area (Å²) < 4.78 is 10.4. The monoisotopic (exact) mass is 412 g/mol. The Balaban J connectivity index is 1.91. The maximum Gasteiger partial charge on any atom is 0.344 e. The van der Waals surface area contributed by atoms with Gasteiger partial charge in [0, 0.05) is 17.2 Å². The Morgan fingerprint density at radius 3 is 2.20 bits per heavy atom. The summed E-state index contributed by atoms with van der Waals surface area (Å²) in [7, 11) is 0. The minimum atomic E-state index is -1.04. The van der Waals surface area contributed by atoms with Crippen LogP contribution in [-0.4, -0.2) is 36.3 Å². The molecule has 1 atom stereocenters. The Labute approximate surface area is 174 Å². The molecule has 30 heavy (non-hydrogen) atoms. The number of benzene rings is 2. The van der Waals surface area contributed by atoms with Crippen LogP contribution in [0.4, 0.5) is 5.69 Å². The van der Waals surface area contributed by atoms with Crippen LogP contribution in [0, 0.1) is 5.92 Å². The molecule has 158 valence electrons. The van der Waals surface area contributed by atoms with E-state index in [1.165, 1.54) is 19.1 Å². The van der Waals surface area contributed by atoms with Crippen LogP contribution in [0.1, 0.15) is 41.5 Å². The number of primary amides is 1. The maximum atomic E-state index is 12.5. The van der Waals surface area contributed by atoms with Crippen LogP contribution in [0.2, 0.25) is 0 Å². The van der Waals surface area contributed by atoms with Crippen molar-refractivity contribution in [3.63, 3.8) is 0 Å². The SMILES string of the molecule is CC(C)C(=O)Nc1ccc(C(=O)[C@H](C)OC(=O)COc2ccccc2C(N)=O)cc1. The van der Waals surface area contributed by atoms with Crippen molar-refractivity contribution in [1.29, 1.82) is 0 Å². The second-order valence-electron chi connectivity index (χ2n) is 6.87. The van der Waals surface area contributed by atoms with E-state index in [0.29, 0.717) is 11.3 Å². The van der Waals surface area contributed by atoms with E-state index in [0.717, 1.165) is 0 Å². The van der Waals surface area contributed by atoms with Crippen LogP contribution >= 0.6 is 0 Å². The molecule has 2 rings (SSSR count). The van der Waals surface area contributed by atoms with Crippen LogP contribution in [0.15, 0.2) is 48.5 Å². The van der Waals surface area contributed by atoms with Crippen molar-refractivity contribution in [2.24, 2.45) is 11.7 Å². The van der Waals surface area contributed by atoms with Gasteiger partial charge in [-0.25, -0.2) is 4.79 Å². The van der Waals surface area contributed by atoms with Crippen molar-refractivity contribution in [2.75, 3.05) is 11.9 Å². The van der Waals surface area contributed by atoms with E-state index < -0.39 is 30.4 Å². The summed E-state index contributed by atoms with van der Waals surface area (Å²) in [5, 5.41) is 2.73. The summed E-state index contributed by atoms with van der Waals surface area (Å²) in [5.41, 5.74) is 6.29. The second-order valence-corrected chi connectivity index (χ2v) is 6.87. The predicted octanol–water partition coefficient (Wildman–Crippen LogP) is 2.57. The number of ether oxygens (including phenoxy) is 2. The van der Waals surface area contributed by atoms with Gasteiger partial charge in [0.25, 0.3) is 5.91 Å². The smallest absolute Gasteiger partial charge is 0.344 e. The highest BCUT2D eigenvalue weighted by atomic mass is 16.6. The van der Waals surface area contributed by atoms with Gasteiger partial charge in [-0.15, -0.1) is 0 Å². The first kappa shape index (κ1) is 22.6. The summed E-state index contributed by atoms with van der Waals surface area (Å²) in [4.78, 5) is 47.6. The number of nitrogens with one attached hydrogen (secondary N) is 1. The van der Waals surface area contributed by atoms with E-state index in [1.807, 2.05) is 0 Å². The Bertz CT molecular complexity index is 937. The molecular formula is C22H24N2O6. The third kappa shape index (κ3) is 6.16. The fraction of sp³-hybridized carbons (Fsp3) is 0.273. The molecule has 0 saturated heterocycles. The molecule has 0 unspecified atom stereocenters. The molecule has 0 radical (unpaired) electrons. The van der Waals surface area contributed by atoms with Crippen LogP contribution in [0.5, 0.6) is 5.75 Å². The molecule has 0 aliphatic heterocycles. The van der Waals surface area contributed by atoms with E-state index >= 15 is 0 Å². The number of nitrogens with two attached hydrogens (primary N) is 1. The van der Waals surface area contributed by atoms with E-state index in [1.54, 1.807) is 50.2 Å². The molecule has 0 bridgehead atoms. The fourth-order valence-electron chi connectivity index (χ4n) is 2.46. The molecule has 0 heterocycles. The van der Waals surface area contributed by atoms with Crippen molar-refractivity contribution < 1.29 is 28.7 Å². The zero-order chi connectivity index (χ0) is 22.3. The average Bonchev–Trinajstić information content (AvgIpc) is 2.72. The molecule has 8 nitrogen and oxygen atoms in total. The number of Topliss-reactive ketones (excluding diaryl/α,β-unsaturated/α-hetero) is 1. The first-order chi connectivity index (χ1) is 14.2. The van der Waals surface area contributed by atoms with Gasteiger partial charge in [-0.2, -0.15) is 0 Å². The Morgan fingerprint density at radius 2 is 1.60 bits per heavy atom. The Kier molecular flexibility index (Phi) is 7.69. The number of ketones is 1. The summed E-state index contributed by atoms with van der Waals surface area (Å²) in [6.45, 7) is 4.52. The molecule has 2 aromatic carbocycles. The van der Waals surface area contributed by atoms with Crippen molar-refractivity contribution in [1.82, 2.24) is 0 Å². The van der Waals surface area contributed by atoms with Crippen molar-refractivity contribution in [2.45, 2.75) is 26.9 Å². The number of amides is 2. The lowest BCUT2D eigenvalue weighted by Crippen LogP contribution is -2.27. The van der Waals surface area contributed by atoms with Crippen LogP contribution in [0.25, 0.3) is 0 Å². The number of esters is 1. The van der Waals surface area contributed by atoms with Gasteiger partial charge in [-0.1, -0.05) is 26.0 Å². The van der Waals surface area contributed by atoms with Gasteiger partial charge < -0.3 is 20.5 Å². The molecule has 0 saturated carbocycles. The highest BCUT2D eigenvalue weighted by molar-refractivity contribution is 6.01. The van der Waals surface area contributed by atoms with Gasteiger partial charge in [-0.05, 0) is 43.3 Å². The quantitative estimate of drug-likeness (QED) is 0.482. The predicted molar refractivity (Wildman–Crippen MR) is 110 cm³/mol. The number of hydrogen-bond acceptors (Lipinski definition) is 6. The first-order valence-corrected chi connectivity index (χ1v) is 9.35. The van der Waals surface area contributed by atoms with Gasteiger partial charge in [0.2, 0.25) is 11.7 Å². The zero-order valence-electron chi connectivity index (χ0n) is 17.0. The lowest BCUT2D eigenvalue weighted by Gasteiger charge is -2.14. The summed E-state index contributed by atoms with van der Waals surface area (Å²) >= 11 is 0. The fourth-order valence-corrected chi connectivity index (χ4v) is 2.46. The molecule has 0 fully saturated rings. The van der Waals surface area contributed by atoms with Gasteiger partial charge in [0.05, 0.1) is 5.56 Å². The van der Waals surface area contributed by atoms with Crippen molar-refractivity contribution in [3.05, 3.63) is 59.7 Å². The average molecular weight is 412 g/mol. The third-order valence-electron chi connectivity index (χ3n) is 4.14.